The molecule has 0 aliphatic carbocycles. The fourth-order valence-corrected chi connectivity index (χ4v) is 3.04. The fraction of sp³-hybridized carbons (Fsp3) is 0.364. The van der Waals surface area contributed by atoms with Gasteiger partial charge in [-0.2, -0.15) is 0 Å². The molecule has 1 unspecified atom stereocenters. The van der Waals surface area contributed by atoms with Crippen molar-refractivity contribution >= 4 is 28.6 Å². The van der Waals surface area contributed by atoms with E-state index in [9.17, 15) is 4.79 Å². The summed E-state index contributed by atoms with van der Waals surface area (Å²) in [5.41, 5.74) is 1.29. The van der Waals surface area contributed by atoms with Gasteiger partial charge in [-0.1, -0.05) is 53.4 Å². The first-order valence-corrected chi connectivity index (χ1v) is 10.2. The van der Waals surface area contributed by atoms with E-state index < -0.39 is 0 Å². The number of nitrogens with zero attached hydrogens (tertiary/aromatic N) is 2. The van der Waals surface area contributed by atoms with Crippen LogP contribution in [-0.4, -0.2) is 43.3 Å². The number of nitrogens with one attached hydrogen (secondary N) is 1. The molecule has 1 aliphatic heterocycles. The topological polar surface area (TPSA) is 53.9 Å². The first-order chi connectivity index (χ1) is 13.7. The number of carbonyl (C=O) groups excluding carboxylic acids is 1. The number of halogens is 1. The van der Waals surface area contributed by atoms with Crippen LogP contribution in [0.5, 0.6) is 5.75 Å². The number of amides is 1. The maximum absolute atomic E-state index is 10.5. The Balaban J connectivity index is 0.000000480. The van der Waals surface area contributed by atoms with Crippen molar-refractivity contribution in [2.75, 3.05) is 19.7 Å². The minimum absolute atomic E-state index is 0.334. The molecule has 1 N–H and O–H groups in total. The number of rotatable bonds is 9. The van der Waals surface area contributed by atoms with E-state index in [1.807, 2.05) is 12.1 Å². The second kappa shape index (κ2) is 14.8. The molecular formula is C22H30BrN3O2. The smallest absolute Gasteiger partial charge is 0.207 e. The highest BCUT2D eigenvalue weighted by Gasteiger charge is 2.23. The van der Waals surface area contributed by atoms with Crippen molar-refractivity contribution in [2.24, 2.45) is 4.99 Å². The van der Waals surface area contributed by atoms with Gasteiger partial charge < -0.3 is 10.1 Å². The van der Waals surface area contributed by atoms with E-state index in [1.54, 1.807) is 29.6 Å². The molecule has 5 nitrogen and oxygen atoms in total. The molecule has 1 aliphatic rings. The third-order valence-electron chi connectivity index (χ3n) is 4.45. The first kappa shape index (κ1) is 23.9. The van der Waals surface area contributed by atoms with E-state index in [0.717, 1.165) is 38.1 Å². The first-order valence-electron chi connectivity index (χ1n) is 9.33. The van der Waals surface area contributed by atoms with E-state index in [1.165, 1.54) is 5.56 Å². The minimum atomic E-state index is 0.334. The predicted octanol–water partition coefficient (Wildman–Crippen LogP) is 4.63. The lowest BCUT2D eigenvalue weighted by atomic mass is 10.0. The summed E-state index contributed by atoms with van der Waals surface area (Å²) in [6.07, 6.45) is 9.44. The molecule has 0 saturated carbocycles. The molecule has 152 valence electrons. The van der Waals surface area contributed by atoms with Crippen LogP contribution < -0.4 is 10.1 Å². The Morgan fingerprint density at radius 3 is 2.54 bits per heavy atom. The second-order valence-corrected chi connectivity index (χ2v) is 6.78. The minimum Gasteiger partial charge on any atom is -0.490 e. The van der Waals surface area contributed by atoms with E-state index >= 15 is 0 Å². The molecular weight excluding hydrogens is 418 g/mol. The van der Waals surface area contributed by atoms with Crippen LogP contribution in [0.3, 0.4) is 0 Å². The Morgan fingerprint density at radius 2 is 2.00 bits per heavy atom. The molecule has 1 heterocycles. The van der Waals surface area contributed by atoms with Crippen LogP contribution in [0.1, 0.15) is 31.4 Å². The summed E-state index contributed by atoms with van der Waals surface area (Å²) in [5.74, 6) is 0.875. The van der Waals surface area contributed by atoms with Gasteiger partial charge in [0, 0.05) is 37.6 Å². The number of allylic oxidation sites excluding steroid dienone is 1. The van der Waals surface area contributed by atoms with Crippen LogP contribution in [-0.2, 0) is 4.79 Å². The van der Waals surface area contributed by atoms with Crippen LogP contribution in [0.15, 0.2) is 65.8 Å². The Bertz CT molecular complexity index is 636. The molecule has 0 radical (unpaired) electrons. The molecule has 0 aromatic heterocycles. The molecule has 1 aromatic carbocycles. The normalized spacial score (nSPS) is 16.2. The van der Waals surface area contributed by atoms with Gasteiger partial charge >= 0.3 is 0 Å². The number of aliphatic imine (C=N–C) groups is 1. The monoisotopic (exact) mass is 447 g/mol. The predicted molar refractivity (Wildman–Crippen MR) is 121 cm³/mol. The average molecular weight is 448 g/mol. The lowest BCUT2D eigenvalue weighted by molar-refractivity contribution is -0.110. The molecule has 6 heteroatoms. The number of benzene rings is 1. The lowest BCUT2D eigenvalue weighted by Gasteiger charge is -2.36. The van der Waals surface area contributed by atoms with Crippen molar-refractivity contribution in [1.29, 1.82) is 0 Å². The molecule has 0 spiro atoms. The van der Waals surface area contributed by atoms with Crippen LogP contribution in [0, 0.1) is 0 Å². The summed E-state index contributed by atoms with van der Waals surface area (Å²) in [4.78, 5) is 18.3. The number of carbonyl (C=O) groups is 1. The summed E-state index contributed by atoms with van der Waals surface area (Å²) < 4.78 is 5.50. The van der Waals surface area contributed by atoms with Gasteiger partial charge in [0.25, 0.3) is 0 Å². The van der Waals surface area contributed by atoms with Gasteiger partial charge in [0.15, 0.2) is 0 Å². The Morgan fingerprint density at radius 1 is 1.32 bits per heavy atom. The molecule has 1 amide bonds. The fourth-order valence-electron chi connectivity index (χ4n) is 2.90. The van der Waals surface area contributed by atoms with Crippen molar-refractivity contribution in [3.63, 3.8) is 0 Å². The third-order valence-corrected chi connectivity index (χ3v) is 4.68. The van der Waals surface area contributed by atoms with Gasteiger partial charge in [-0.05, 0) is 42.4 Å². The zero-order valence-electron chi connectivity index (χ0n) is 16.5. The molecule has 2 rings (SSSR count). The van der Waals surface area contributed by atoms with Crippen LogP contribution in [0.25, 0.3) is 0 Å². The van der Waals surface area contributed by atoms with E-state index in [4.69, 9.17) is 4.74 Å². The zero-order chi connectivity index (χ0) is 20.6. The van der Waals surface area contributed by atoms with Crippen LogP contribution in [0.4, 0.5) is 0 Å². The number of piperidine rings is 1. The average Bonchev–Trinajstić information content (AvgIpc) is 2.74. The van der Waals surface area contributed by atoms with E-state index in [0.29, 0.717) is 18.7 Å². The van der Waals surface area contributed by atoms with Gasteiger partial charge in [0.05, 0.1) is 0 Å². The van der Waals surface area contributed by atoms with Gasteiger partial charge in [-0.15, -0.1) is 0 Å². The third kappa shape index (κ3) is 9.15. The molecule has 1 fully saturated rings. The van der Waals surface area contributed by atoms with Crippen molar-refractivity contribution in [2.45, 2.75) is 31.8 Å². The summed E-state index contributed by atoms with van der Waals surface area (Å²) in [6.45, 7) is 11.9. The Hall–Kier alpha value is -2.18. The van der Waals surface area contributed by atoms with Crippen LogP contribution in [0.2, 0.25) is 0 Å². The molecule has 1 aromatic rings. The van der Waals surface area contributed by atoms with Gasteiger partial charge in [-0.3, -0.25) is 14.7 Å². The Labute approximate surface area is 177 Å². The number of likely N-dealkylation sites (tertiary alicyclic amines) is 1. The molecule has 1 saturated heterocycles. The number of hydrogen-bond donors (Lipinski definition) is 1. The maximum atomic E-state index is 10.5. The number of ether oxygens (including phenoxy) is 1. The quantitative estimate of drug-likeness (QED) is 0.341. The van der Waals surface area contributed by atoms with Crippen molar-refractivity contribution in [3.8, 4) is 5.75 Å². The maximum Gasteiger partial charge on any atom is 0.207 e. The number of hydrogen-bond acceptors (Lipinski definition) is 4. The largest absolute Gasteiger partial charge is 0.490 e. The highest BCUT2D eigenvalue weighted by molar-refractivity contribution is 9.11. The summed E-state index contributed by atoms with van der Waals surface area (Å²) >= 11 is 3.05. The zero-order valence-corrected chi connectivity index (χ0v) is 18.1. The summed E-state index contributed by atoms with van der Waals surface area (Å²) in [5, 5.41) is 2.88. The molecule has 0 bridgehead atoms. The van der Waals surface area contributed by atoms with Crippen molar-refractivity contribution in [1.82, 2.24) is 10.2 Å². The standard InChI is InChI=1S/C17H24N2O2.C5H6BrN/c1-3-12-21-17-6-4-15(5-7-17)14(2)19-10-8-16(9-11-19)18-13-20;1-2-4-7-5-3-6/h3-7,13-14,16H,1,8-12H2,2H3,(H,18,20);2-5H,1H2/b;5-3+,7-4?. The molecule has 28 heavy (non-hydrogen) atoms. The van der Waals surface area contributed by atoms with Crippen LogP contribution >= 0.6 is 15.9 Å². The summed E-state index contributed by atoms with van der Waals surface area (Å²) in [6, 6.07) is 8.99. The van der Waals surface area contributed by atoms with Gasteiger partial charge in [0.2, 0.25) is 6.41 Å². The SMILES string of the molecule is C=CC=N/C=C/Br.C=CCOc1ccc(C(C)N2CCC(NC=O)CC2)cc1. The van der Waals surface area contributed by atoms with Crippen molar-refractivity contribution in [3.05, 3.63) is 66.3 Å². The van der Waals surface area contributed by atoms with Crippen molar-refractivity contribution < 1.29 is 9.53 Å². The van der Waals surface area contributed by atoms with Gasteiger partial charge in [-0.25, -0.2) is 0 Å². The Kier molecular flexibility index (Phi) is 12.6. The van der Waals surface area contributed by atoms with Gasteiger partial charge in [0.1, 0.15) is 12.4 Å². The summed E-state index contributed by atoms with van der Waals surface area (Å²) in [7, 11) is 0. The van der Waals surface area contributed by atoms with E-state index in [-0.39, 0.29) is 0 Å². The second-order valence-electron chi connectivity index (χ2n) is 6.25. The highest BCUT2D eigenvalue weighted by atomic mass is 79.9. The highest BCUT2D eigenvalue weighted by Crippen LogP contribution is 2.25. The molecule has 1 atom stereocenters. The van der Waals surface area contributed by atoms with E-state index in [2.05, 4.69) is 63.4 Å². The lowest BCUT2D eigenvalue weighted by Crippen LogP contribution is -2.42.